The summed E-state index contributed by atoms with van der Waals surface area (Å²) in [5, 5.41) is 8.70. The van der Waals surface area contributed by atoms with E-state index in [9.17, 15) is 9.59 Å². The maximum absolute atomic E-state index is 12.2. The SMILES string of the molecule is [2H]c1cc(Cl)c([2H])c(N)c1C(=O)C([2H])([2H])C([2H])(C)C(=O)O. The number of hydrogen-bond acceptors (Lipinski definition) is 3. The Bertz CT molecular complexity index is 633. The number of anilines is 1. The topological polar surface area (TPSA) is 80.4 Å². The number of benzene rings is 1. The summed E-state index contributed by atoms with van der Waals surface area (Å²) in [6, 6.07) is -0.0663. The summed E-state index contributed by atoms with van der Waals surface area (Å²) in [6.07, 6.45) is -3.15. The van der Waals surface area contributed by atoms with E-state index in [2.05, 4.69) is 0 Å². The number of Topliss-reactive ketones (excluding diaryl/α,β-unsaturated/α-hetero) is 1. The van der Waals surface area contributed by atoms with Gasteiger partial charge in [-0.15, -0.1) is 0 Å². The van der Waals surface area contributed by atoms with E-state index < -0.39 is 47.4 Å². The lowest BCUT2D eigenvalue weighted by Gasteiger charge is -2.07. The first-order valence-electron chi connectivity index (χ1n) is 6.69. The molecule has 0 aromatic heterocycles. The minimum absolute atomic E-state index is 0.193. The van der Waals surface area contributed by atoms with Gasteiger partial charge in [-0.05, 0) is 18.2 Å². The van der Waals surface area contributed by atoms with Crippen molar-refractivity contribution in [3.8, 4) is 0 Å². The lowest BCUT2D eigenvalue weighted by molar-refractivity contribution is -0.141. The fourth-order valence-corrected chi connectivity index (χ4v) is 1.07. The van der Waals surface area contributed by atoms with Gasteiger partial charge in [-0.25, -0.2) is 0 Å². The first kappa shape index (κ1) is 6.91. The normalized spacial score (nSPS) is 19.5. The molecule has 1 rings (SSSR count). The predicted octanol–water partition coefficient (Wildman–Crippen LogP) is 2.22. The maximum Gasteiger partial charge on any atom is 0.306 e. The van der Waals surface area contributed by atoms with Gasteiger partial charge in [0.05, 0.1) is 8.64 Å². The van der Waals surface area contributed by atoms with Crippen LogP contribution in [-0.4, -0.2) is 16.9 Å². The Hall–Kier alpha value is -1.55. The molecule has 0 saturated heterocycles. The number of aliphatic carboxylic acids is 1. The molecule has 0 saturated carbocycles. The van der Waals surface area contributed by atoms with Gasteiger partial charge in [-0.2, -0.15) is 0 Å². The van der Waals surface area contributed by atoms with Crippen molar-refractivity contribution in [3.63, 3.8) is 0 Å². The minimum atomic E-state index is -3.15. The number of rotatable bonds is 4. The van der Waals surface area contributed by atoms with Gasteiger partial charge in [0, 0.05) is 26.8 Å². The molecule has 5 heteroatoms. The molecule has 0 aliphatic heterocycles. The molecule has 1 unspecified atom stereocenters. The molecular weight excluding hydrogens is 230 g/mol. The molecule has 0 radical (unpaired) electrons. The first-order chi connectivity index (χ1) is 9.35. The van der Waals surface area contributed by atoms with Crippen LogP contribution >= 0.6 is 11.6 Å². The maximum atomic E-state index is 12.2. The van der Waals surface area contributed by atoms with E-state index >= 15 is 0 Å². The lowest BCUT2D eigenvalue weighted by atomic mass is 9.99. The molecule has 0 aliphatic carbocycles. The van der Waals surface area contributed by atoms with Crippen LogP contribution in [0.25, 0.3) is 0 Å². The van der Waals surface area contributed by atoms with E-state index in [1.54, 1.807) is 0 Å². The average Bonchev–Trinajstić information content (AvgIpc) is 2.35. The Kier molecular flexibility index (Phi) is 2.15. The van der Waals surface area contributed by atoms with E-state index in [1.165, 1.54) is 0 Å². The molecule has 0 amide bonds. The van der Waals surface area contributed by atoms with Crippen LogP contribution < -0.4 is 5.73 Å². The zero-order valence-electron chi connectivity index (χ0n) is 13.3. The first-order valence-corrected chi connectivity index (χ1v) is 4.56. The fourth-order valence-electron chi connectivity index (χ4n) is 0.915. The highest BCUT2D eigenvalue weighted by Gasteiger charge is 2.18. The van der Waals surface area contributed by atoms with E-state index in [1.807, 2.05) is 0 Å². The Labute approximate surface area is 105 Å². The second-order valence-electron chi connectivity index (χ2n) is 2.93. The molecule has 4 nitrogen and oxygen atoms in total. The Balaban J connectivity index is 3.53. The zero-order valence-corrected chi connectivity index (χ0v) is 9.05. The summed E-state index contributed by atoms with van der Waals surface area (Å²) >= 11 is 5.63. The monoisotopic (exact) mass is 246 g/mol. The summed E-state index contributed by atoms with van der Waals surface area (Å²) in [4.78, 5) is 23.2. The average molecular weight is 247 g/mol. The number of nitrogens with two attached hydrogens (primary N) is 1. The second-order valence-corrected chi connectivity index (χ2v) is 3.34. The molecular formula is C11H12ClNO3. The molecule has 0 spiro atoms. The van der Waals surface area contributed by atoms with Crippen molar-refractivity contribution < 1.29 is 21.5 Å². The van der Waals surface area contributed by atoms with Crippen molar-refractivity contribution in [3.05, 3.63) is 28.7 Å². The molecule has 3 N–H and O–H groups in total. The van der Waals surface area contributed by atoms with Crippen molar-refractivity contribution in [2.45, 2.75) is 13.3 Å². The third kappa shape index (κ3) is 2.97. The van der Waals surface area contributed by atoms with Gasteiger partial charge in [0.25, 0.3) is 0 Å². The van der Waals surface area contributed by atoms with E-state index in [-0.39, 0.29) is 5.02 Å². The van der Waals surface area contributed by atoms with Crippen molar-refractivity contribution in [2.24, 2.45) is 5.89 Å². The van der Waals surface area contributed by atoms with Gasteiger partial charge in [0.1, 0.15) is 0 Å². The van der Waals surface area contributed by atoms with Crippen LogP contribution in [0.4, 0.5) is 5.69 Å². The van der Waals surface area contributed by atoms with Crippen LogP contribution in [0.15, 0.2) is 18.2 Å². The third-order valence-corrected chi connectivity index (χ3v) is 1.92. The Morgan fingerprint density at radius 1 is 1.81 bits per heavy atom. The van der Waals surface area contributed by atoms with Gasteiger partial charge in [-0.1, -0.05) is 18.5 Å². The highest BCUT2D eigenvalue weighted by molar-refractivity contribution is 6.31. The third-order valence-electron chi connectivity index (χ3n) is 1.72. The summed E-state index contributed by atoms with van der Waals surface area (Å²) in [6.45, 7) is 0.727. The van der Waals surface area contributed by atoms with Crippen LogP contribution in [-0.2, 0) is 4.79 Å². The van der Waals surface area contributed by atoms with Gasteiger partial charge in [-0.3, -0.25) is 9.59 Å². The molecule has 0 bridgehead atoms. The minimum Gasteiger partial charge on any atom is -0.481 e. The van der Waals surface area contributed by atoms with Crippen LogP contribution in [0.3, 0.4) is 0 Å². The number of carboxylic acid groups (broad SMARTS) is 1. The molecule has 0 fully saturated rings. The number of carboxylic acids is 1. The number of halogens is 1. The van der Waals surface area contributed by atoms with Crippen molar-refractivity contribution in [2.75, 3.05) is 5.73 Å². The number of nitrogen functional groups attached to an aromatic ring is 1. The largest absolute Gasteiger partial charge is 0.481 e. The summed E-state index contributed by atoms with van der Waals surface area (Å²) in [5.41, 5.74) is 4.33. The number of ketones is 1. The van der Waals surface area contributed by atoms with Gasteiger partial charge in [0.2, 0.25) is 0 Å². The van der Waals surface area contributed by atoms with Gasteiger partial charge < -0.3 is 10.8 Å². The Morgan fingerprint density at radius 3 is 3.00 bits per heavy atom. The summed E-state index contributed by atoms with van der Waals surface area (Å²) in [5.74, 6) is -6.08. The summed E-state index contributed by atoms with van der Waals surface area (Å²) in [7, 11) is 0. The molecule has 1 atom stereocenters. The molecule has 86 valence electrons. The smallest absolute Gasteiger partial charge is 0.306 e. The van der Waals surface area contributed by atoms with E-state index in [4.69, 9.17) is 29.3 Å². The number of carbonyl (C=O) groups is 2. The fraction of sp³-hybridized carbons (Fsp3) is 0.273. The van der Waals surface area contributed by atoms with Crippen LogP contribution in [0.2, 0.25) is 5.02 Å². The molecule has 16 heavy (non-hydrogen) atoms. The van der Waals surface area contributed by atoms with Gasteiger partial charge >= 0.3 is 5.97 Å². The standard InChI is InChI=1S/C11H12ClNO3/c1-6(11(15)16)4-10(14)8-3-2-7(12)5-9(8)13/h2-3,5-6H,4,13H2,1H3,(H,15,16)/i3D,4D2,5D,6D. The Morgan fingerprint density at radius 2 is 2.44 bits per heavy atom. The molecule has 1 aromatic rings. The highest BCUT2D eigenvalue weighted by Crippen LogP contribution is 2.20. The van der Waals surface area contributed by atoms with Crippen LogP contribution in [0, 0.1) is 5.89 Å². The van der Waals surface area contributed by atoms with Crippen LogP contribution in [0.5, 0.6) is 0 Å². The van der Waals surface area contributed by atoms with Crippen molar-refractivity contribution >= 4 is 29.0 Å². The molecule has 1 aromatic carbocycles. The van der Waals surface area contributed by atoms with E-state index in [0.29, 0.717) is 0 Å². The predicted molar refractivity (Wildman–Crippen MR) is 61.6 cm³/mol. The lowest BCUT2D eigenvalue weighted by Crippen LogP contribution is -2.15. The zero-order chi connectivity index (χ0) is 16.7. The van der Waals surface area contributed by atoms with Crippen molar-refractivity contribution in [1.29, 1.82) is 0 Å². The second kappa shape index (κ2) is 4.99. The quantitative estimate of drug-likeness (QED) is 0.631. The van der Waals surface area contributed by atoms with Crippen LogP contribution in [0.1, 0.15) is 30.5 Å². The van der Waals surface area contributed by atoms with Crippen molar-refractivity contribution in [1.82, 2.24) is 0 Å². The molecule has 0 heterocycles. The highest BCUT2D eigenvalue weighted by atomic mass is 35.5. The molecule has 0 aliphatic rings. The number of hydrogen-bond donors (Lipinski definition) is 2. The van der Waals surface area contributed by atoms with E-state index in [0.717, 1.165) is 13.0 Å². The summed E-state index contributed by atoms with van der Waals surface area (Å²) < 4.78 is 38.0. The number of carbonyl (C=O) groups excluding carboxylic acids is 1. The van der Waals surface area contributed by atoms with Gasteiger partial charge in [0.15, 0.2) is 5.78 Å².